The minimum atomic E-state index is -3.62. The van der Waals surface area contributed by atoms with Crippen molar-refractivity contribution in [2.45, 2.75) is 5.03 Å². The lowest BCUT2D eigenvalue weighted by atomic mass is 10.4. The third kappa shape index (κ3) is 2.20. The molecule has 0 spiro atoms. The first-order chi connectivity index (χ1) is 9.50. The lowest BCUT2D eigenvalue weighted by Gasteiger charge is -2.31. The van der Waals surface area contributed by atoms with Gasteiger partial charge in [-0.2, -0.15) is 4.31 Å². The van der Waals surface area contributed by atoms with Crippen molar-refractivity contribution in [2.75, 3.05) is 33.2 Å². The van der Waals surface area contributed by atoms with Crippen molar-refractivity contribution in [2.24, 2.45) is 0 Å². The molecule has 0 N–H and O–H groups in total. The Morgan fingerprint density at radius 1 is 1.20 bits per heavy atom. The first-order valence-corrected chi connectivity index (χ1v) is 8.13. The highest BCUT2D eigenvalue weighted by molar-refractivity contribution is 7.89. The summed E-state index contributed by atoms with van der Waals surface area (Å²) >= 11 is 6.05. The van der Waals surface area contributed by atoms with E-state index >= 15 is 0 Å². The van der Waals surface area contributed by atoms with E-state index < -0.39 is 10.0 Å². The predicted octanol–water partition coefficient (Wildman–Crippen LogP) is 0.924. The highest BCUT2D eigenvalue weighted by Gasteiger charge is 2.32. The van der Waals surface area contributed by atoms with Crippen molar-refractivity contribution in [3.8, 4) is 0 Å². The number of nitrogens with zero attached hydrogens (tertiary/aromatic N) is 4. The molecule has 1 aliphatic heterocycles. The van der Waals surface area contributed by atoms with Gasteiger partial charge in [0.1, 0.15) is 5.65 Å². The molecule has 1 saturated heterocycles. The molecule has 3 heterocycles. The van der Waals surface area contributed by atoms with Crippen LogP contribution in [0.15, 0.2) is 29.4 Å². The van der Waals surface area contributed by atoms with Crippen molar-refractivity contribution >= 4 is 27.3 Å². The maximum atomic E-state index is 12.8. The van der Waals surface area contributed by atoms with Crippen LogP contribution in [0.25, 0.3) is 5.65 Å². The average molecular weight is 315 g/mol. The summed E-state index contributed by atoms with van der Waals surface area (Å²) in [7, 11) is -1.65. The van der Waals surface area contributed by atoms with Crippen LogP contribution >= 0.6 is 11.6 Å². The third-order valence-electron chi connectivity index (χ3n) is 3.49. The molecule has 0 radical (unpaired) electrons. The van der Waals surface area contributed by atoms with E-state index in [0.29, 0.717) is 31.8 Å². The van der Waals surface area contributed by atoms with Gasteiger partial charge in [-0.25, -0.2) is 13.4 Å². The molecule has 2 aromatic heterocycles. The summed E-state index contributed by atoms with van der Waals surface area (Å²) in [5, 5.41) is 0.0782. The zero-order valence-corrected chi connectivity index (χ0v) is 12.6. The molecular formula is C12H15ClN4O2S. The Morgan fingerprint density at radius 3 is 2.60 bits per heavy atom. The quantitative estimate of drug-likeness (QED) is 0.827. The van der Waals surface area contributed by atoms with Gasteiger partial charge < -0.3 is 4.90 Å². The van der Waals surface area contributed by atoms with Crippen LogP contribution in [0.3, 0.4) is 0 Å². The van der Waals surface area contributed by atoms with Gasteiger partial charge in [-0.05, 0) is 19.2 Å². The van der Waals surface area contributed by atoms with Gasteiger partial charge in [-0.3, -0.25) is 4.40 Å². The number of rotatable bonds is 2. The average Bonchev–Trinajstić information content (AvgIpc) is 2.75. The van der Waals surface area contributed by atoms with Crippen LogP contribution in [-0.2, 0) is 10.0 Å². The minimum Gasteiger partial charge on any atom is -0.304 e. The topological polar surface area (TPSA) is 57.9 Å². The summed E-state index contributed by atoms with van der Waals surface area (Å²) in [6, 6.07) is 5.29. The summed E-state index contributed by atoms with van der Waals surface area (Å²) in [5.74, 6) is 0. The summed E-state index contributed by atoms with van der Waals surface area (Å²) < 4.78 is 28.5. The first-order valence-electron chi connectivity index (χ1n) is 6.31. The lowest BCUT2D eigenvalue weighted by molar-refractivity contribution is 0.222. The number of likely N-dealkylation sites (N-methyl/N-ethyl adjacent to an activating group) is 1. The van der Waals surface area contributed by atoms with Crippen molar-refractivity contribution in [1.29, 1.82) is 0 Å². The Labute approximate surface area is 122 Å². The minimum absolute atomic E-state index is 0.0233. The zero-order valence-electron chi connectivity index (χ0n) is 11.0. The molecule has 0 saturated carbocycles. The van der Waals surface area contributed by atoms with Gasteiger partial charge in [0, 0.05) is 32.4 Å². The molecule has 0 atom stereocenters. The molecule has 2 aromatic rings. The molecule has 0 aromatic carbocycles. The summed E-state index contributed by atoms with van der Waals surface area (Å²) in [6.45, 7) is 2.37. The standard InChI is InChI=1S/C12H15ClN4O2S/c1-15-6-8-16(9-7-15)20(18,19)12-11(13)14-10-4-2-3-5-17(10)12/h2-5H,6-9H2,1H3. The zero-order chi connectivity index (χ0) is 14.3. The molecule has 1 aliphatic rings. The summed E-state index contributed by atoms with van der Waals surface area (Å²) in [4.78, 5) is 6.20. The van der Waals surface area contributed by atoms with E-state index in [1.165, 1.54) is 8.71 Å². The number of hydrogen-bond acceptors (Lipinski definition) is 4. The summed E-state index contributed by atoms with van der Waals surface area (Å²) in [6.07, 6.45) is 1.66. The SMILES string of the molecule is CN1CCN(S(=O)(=O)c2c(Cl)nc3ccccn23)CC1. The molecule has 0 bridgehead atoms. The van der Waals surface area contributed by atoms with Gasteiger partial charge in [-0.1, -0.05) is 17.7 Å². The van der Waals surface area contributed by atoms with Crippen LogP contribution in [0.5, 0.6) is 0 Å². The largest absolute Gasteiger partial charge is 0.304 e. The third-order valence-corrected chi connectivity index (χ3v) is 5.79. The highest BCUT2D eigenvalue weighted by Crippen LogP contribution is 2.26. The van der Waals surface area contributed by atoms with E-state index in [4.69, 9.17) is 11.6 Å². The fourth-order valence-corrected chi connectivity index (χ4v) is 4.35. The smallest absolute Gasteiger partial charge is 0.262 e. The fraction of sp³-hybridized carbons (Fsp3) is 0.417. The fourth-order valence-electron chi connectivity index (χ4n) is 2.33. The van der Waals surface area contributed by atoms with Crippen molar-refractivity contribution in [3.05, 3.63) is 29.5 Å². The Bertz CT molecular complexity index is 735. The Kier molecular flexibility index (Phi) is 3.45. The molecule has 20 heavy (non-hydrogen) atoms. The van der Waals surface area contributed by atoms with Gasteiger partial charge in [0.05, 0.1) is 0 Å². The van der Waals surface area contributed by atoms with Crippen molar-refractivity contribution < 1.29 is 8.42 Å². The van der Waals surface area contributed by atoms with Crippen LogP contribution in [-0.4, -0.2) is 60.2 Å². The van der Waals surface area contributed by atoms with Crippen LogP contribution < -0.4 is 0 Å². The van der Waals surface area contributed by atoms with Crippen LogP contribution in [0, 0.1) is 0 Å². The number of piperazine rings is 1. The van der Waals surface area contributed by atoms with Gasteiger partial charge >= 0.3 is 0 Å². The Hall–Kier alpha value is -1.15. The maximum Gasteiger partial charge on any atom is 0.262 e. The second kappa shape index (κ2) is 5.00. The van der Waals surface area contributed by atoms with Crippen molar-refractivity contribution in [1.82, 2.24) is 18.6 Å². The number of aromatic nitrogens is 2. The van der Waals surface area contributed by atoms with E-state index in [9.17, 15) is 8.42 Å². The molecule has 0 aliphatic carbocycles. The monoisotopic (exact) mass is 314 g/mol. The lowest BCUT2D eigenvalue weighted by Crippen LogP contribution is -2.47. The Balaban J connectivity index is 2.07. The van der Waals surface area contributed by atoms with E-state index in [1.807, 2.05) is 7.05 Å². The number of pyridine rings is 1. The van der Waals surface area contributed by atoms with E-state index in [-0.39, 0.29) is 10.2 Å². The number of sulfonamides is 1. The number of hydrogen-bond donors (Lipinski definition) is 0. The molecule has 0 unspecified atom stereocenters. The molecule has 6 nitrogen and oxygen atoms in total. The van der Waals surface area contributed by atoms with Crippen molar-refractivity contribution in [3.63, 3.8) is 0 Å². The second-order valence-corrected chi connectivity index (χ2v) is 7.06. The molecule has 8 heteroatoms. The van der Waals surface area contributed by atoms with Gasteiger partial charge in [0.2, 0.25) is 0 Å². The summed E-state index contributed by atoms with van der Waals surface area (Å²) in [5.41, 5.74) is 0.533. The van der Waals surface area contributed by atoms with Gasteiger partial charge in [0.25, 0.3) is 10.0 Å². The number of imidazole rings is 1. The molecule has 0 amide bonds. The molecule has 108 valence electrons. The highest BCUT2D eigenvalue weighted by atomic mass is 35.5. The number of fused-ring (bicyclic) bond motifs is 1. The Morgan fingerprint density at radius 2 is 1.90 bits per heavy atom. The first kappa shape index (κ1) is 13.8. The molecule has 1 fully saturated rings. The van der Waals surface area contributed by atoms with Gasteiger partial charge in [0.15, 0.2) is 10.2 Å². The van der Waals surface area contributed by atoms with Crippen LogP contribution in [0.2, 0.25) is 5.15 Å². The predicted molar refractivity (Wildman–Crippen MR) is 76.5 cm³/mol. The van der Waals surface area contributed by atoms with E-state index in [2.05, 4.69) is 9.88 Å². The van der Waals surface area contributed by atoms with E-state index in [1.54, 1.807) is 24.4 Å². The maximum absolute atomic E-state index is 12.8. The van der Waals surface area contributed by atoms with E-state index in [0.717, 1.165) is 0 Å². The molecular weight excluding hydrogens is 300 g/mol. The normalized spacial score (nSPS) is 18.7. The van der Waals surface area contributed by atoms with Crippen LogP contribution in [0.4, 0.5) is 0 Å². The second-order valence-electron chi connectivity index (χ2n) is 4.84. The number of halogens is 1. The van der Waals surface area contributed by atoms with Gasteiger partial charge in [-0.15, -0.1) is 0 Å². The molecule has 3 rings (SSSR count). The van der Waals surface area contributed by atoms with Crippen LogP contribution in [0.1, 0.15) is 0 Å².